The van der Waals surface area contributed by atoms with Gasteiger partial charge in [-0.15, -0.1) is 0 Å². The number of nitrogens with one attached hydrogen (secondary N) is 1. The monoisotopic (exact) mass is 287 g/mol. The van der Waals surface area contributed by atoms with Crippen molar-refractivity contribution in [2.45, 2.75) is 26.3 Å². The highest BCUT2D eigenvalue weighted by Crippen LogP contribution is 2.13. The number of piperazine rings is 1. The maximum atomic E-state index is 12.4. The van der Waals surface area contributed by atoms with Gasteiger partial charge in [0.1, 0.15) is 0 Å². The van der Waals surface area contributed by atoms with E-state index in [0.717, 1.165) is 44.8 Å². The van der Waals surface area contributed by atoms with Gasteiger partial charge >= 0.3 is 0 Å². The van der Waals surface area contributed by atoms with Crippen LogP contribution in [-0.4, -0.2) is 61.0 Å². The molecule has 2 saturated heterocycles. The van der Waals surface area contributed by atoms with Gasteiger partial charge in [0.15, 0.2) is 0 Å². The number of rotatable bonds is 3. The van der Waals surface area contributed by atoms with Crippen LogP contribution >= 0.6 is 0 Å². The van der Waals surface area contributed by atoms with Crippen LogP contribution in [-0.2, 0) is 11.2 Å². The second kappa shape index (κ2) is 6.16. The molecule has 0 spiro atoms. The van der Waals surface area contributed by atoms with Crippen LogP contribution < -0.4 is 5.32 Å². The summed E-state index contributed by atoms with van der Waals surface area (Å²) in [5, 5.41) is 3.31. The zero-order chi connectivity index (χ0) is 14.8. The average molecular weight is 287 g/mol. The minimum atomic E-state index is 0.268. The van der Waals surface area contributed by atoms with Crippen LogP contribution in [0.3, 0.4) is 0 Å². The van der Waals surface area contributed by atoms with E-state index in [2.05, 4.69) is 42.3 Å². The molecule has 21 heavy (non-hydrogen) atoms. The molecule has 0 unspecified atom stereocenters. The Balaban J connectivity index is 1.52. The van der Waals surface area contributed by atoms with Gasteiger partial charge in [-0.3, -0.25) is 9.69 Å². The van der Waals surface area contributed by atoms with Gasteiger partial charge in [0.25, 0.3) is 0 Å². The van der Waals surface area contributed by atoms with Crippen molar-refractivity contribution in [1.29, 1.82) is 0 Å². The first-order valence-electron chi connectivity index (χ1n) is 7.92. The summed E-state index contributed by atoms with van der Waals surface area (Å²) in [6.07, 6.45) is 0.534. The normalized spacial score (nSPS) is 20.4. The Bertz CT molecular complexity index is 517. The molecule has 0 aliphatic carbocycles. The zero-order valence-corrected chi connectivity index (χ0v) is 13.1. The highest BCUT2D eigenvalue weighted by Gasteiger charge is 2.29. The molecule has 1 amide bonds. The Kier molecular flexibility index (Phi) is 4.27. The number of carbonyl (C=O) groups excluding carboxylic acids is 1. The molecule has 3 rings (SSSR count). The average Bonchev–Trinajstić information content (AvgIpc) is 2.42. The van der Waals surface area contributed by atoms with E-state index < -0.39 is 0 Å². The number of benzene rings is 1. The molecule has 0 saturated carbocycles. The van der Waals surface area contributed by atoms with Crippen LogP contribution in [0.1, 0.15) is 16.7 Å². The lowest BCUT2D eigenvalue weighted by molar-refractivity contribution is -0.132. The van der Waals surface area contributed by atoms with Crippen molar-refractivity contribution < 1.29 is 4.79 Å². The Morgan fingerprint density at radius 2 is 1.86 bits per heavy atom. The van der Waals surface area contributed by atoms with E-state index in [4.69, 9.17) is 0 Å². The van der Waals surface area contributed by atoms with Crippen LogP contribution in [0.5, 0.6) is 0 Å². The molecule has 2 aliphatic rings. The van der Waals surface area contributed by atoms with Gasteiger partial charge in [-0.05, 0) is 30.5 Å². The predicted molar refractivity (Wildman–Crippen MR) is 84.4 cm³/mol. The molecule has 4 heteroatoms. The summed E-state index contributed by atoms with van der Waals surface area (Å²) in [7, 11) is 0. The number of nitrogens with zero attached hydrogens (tertiary/aromatic N) is 2. The van der Waals surface area contributed by atoms with Crippen LogP contribution in [0.15, 0.2) is 18.2 Å². The first kappa shape index (κ1) is 14.5. The summed E-state index contributed by atoms with van der Waals surface area (Å²) in [5.74, 6) is 0.268. The van der Waals surface area contributed by atoms with E-state index >= 15 is 0 Å². The maximum Gasteiger partial charge on any atom is 0.227 e. The minimum Gasteiger partial charge on any atom is -0.340 e. The second-order valence-electron chi connectivity index (χ2n) is 6.32. The third-order valence-electron chi connectivity index (χ3n) is 4.87. The molecular formula is C17H25N3O. The Morgan fingerprint density at radius 1 is 1.14 bits per heavy atom. The standard InChI is InChI=1S/C17H25N3O/c1-13-3-4-15(9-14(13)2)10-17(21)20-7-5-19(6-8-20)16-11-18-12-16/h3-4,9,16,18H,5-8,10-12H2,1-2H3. The third kappa shape index (κ3) is 3.27. The molecule has 1 aromatic carbocycles. The lowest BCUT2D eigenvalue weighted by Gasteiger charge is -2.43. The number of amides is 1. The second-order valence-corrected chi connectivity index (χ2v) is 6.32. The van der Waals surface area contributed by atoms with Gasteiger partial charge in [0.05, 0.1) is 6.42 Å². The van der Waals surface area contributed by atoms with Crippen molar-refractivity contribution in [3.05, 3.63) is 34.9 Å². The molecule has 2 heterocycles. The zero-order valence-electron chi connectivity index (χ0n) is 13.1. The van der Waals surface area contributed by atoms with E-state index in [9.17, 15) is 4.79 Å². The van der Waals surface area contributed by atoms with Crippen LogP contribution in [0.25, 0.3) is 0 Å². The van der Waals surface area contributed by atoms with Crippen molar-refractivity contribution in [1.82, 2.24) is 15.1 Å². The van der Waals surface area contributed by atoms with Gasteiger partial charge in [-0.25, -0.2) is 0 Å². The fraction of sp³-hybridized carbons (Fsp3) is 0.588. The molecule has 1 N–H and O–H groups in total. The van der Waals surface area contributed by atoms with Crippen LogP contribution in [0.2, 0.25) is 0 Å². The van der Waals surface area contributed by atoms with Gasteiger partial charge < -0.3 is 10.2 Å². The Hall–Kier alpha value is -1.39. The quantitative estimate of drug-likeness (QED) is 0.899. The number of hydrogen-bond acceptors (Lipinski definition) is 3. The minimum absolute atomic E-state index is 0.268. The van der Waals surface area contributed by atoms with E-state index in [-0.39, 0.29) is 5.91 Å². The summed E-state index contributed by atoms with van der Waals surface area (Å²) in [5.41, 5.74) is 3.69. The number of hydrogen-bond donors (Lipinski definition) is 1. The highest BCUT2D eigenvalue weighted by molar-refractivity contribution is 5.79. The highest BCUT2D eigenvalue weighted by atomic mass is 16.2. The smallest absolute Gasteiger partial charge is 0.227 e. The predicted octanol–water partition coefficient (Wildman–Crippen LogP) is 0.962. The van der Waals surface area contributed by atoms with Crippen molar-refractivity contribution in [2.24, 2.45) is 0 Å². The van der Waals surface area contributed by atoms with Gasteiger partial charge in [0.2, 0.25) is 5.91 Å². The molecule has 0 atom stereocenters. The van der Waals surface area contributed by atoms with E-state index in [1.165, 1.54) is 11.1 Å². The Labute approximate surface area is 127 Å². The summed E-state index contributed by atoms with van der Waals surface area (Å²) in [6.45, 7) is 10.2. The van der Waals surface area contributed by atoms with Crippen LogP contribution in [0, 0.1) is 13.8 Å². The van der Waals surface area contributed by atoms with Gasteiger partial charge in [0, 0.05) is 45.3 Å². The molecule has 0 radical (unpaired) electrons. The van der Waals surface area contributed by atoms with Crippen molar-refractivity contribution in [2.75, 3.05) is 39.3 Å². The summed E-state index contributed by atoms with van der Waals surface area (Å²) in [4.78, 5) is 17.0. The molecule has 114 valence electrons. The van der Waals surface area contributed by atoms with E-state index in [1.807, 2.05) is 4.90 Å². The summed E-state index contributed by atoms with van der Waals surface area (Å²) in [6, 6.07) is 7.03. The van der Waals surface area contributed by atoms with Crippen molar-refractivity contribution in [3.8, 4) is 0 Å². The lowest BCUT2D eigenvalue weighted by atomic mass is 10.0. The molecule has 2 aliphatic heterocycles. The van der Waals surface area contributed by atoms with Crippen molar-refractivity contribution >= 4 is 5.91 Å². The molecule has 0 bridgehead atoms. The Morgan fingerprint density at radius 3 is 2.43 bits per heavy atom. The van der Waals surface area contributed by atoms with E-state index in [0.29, 0.717) is 12.5 Å². The lowest BCUT2D eigenvalue weighted by Crippen LogP contribution is -2.62. The first-order valence-corrected chi connectivity index (χ1v) is 7.92. The molecule has 4 nitrogen and oxygen atoms in total. The topological polar surface area (TPSA) is 35.6 Å². The SMILES string of the molecule is Cc1ccc(CC(=O)N2CCN(C3CNC3)CC2)cc1C. The summed E-state index contributed by atoms with van der Waals surface area (Å²) >= 11 is 0. The van der Waals surface area contributed by atoms with Gasteiger partial charge in [-0.2, -0.15) is 0 Å². The first-order chi connectivity index (χ1) is 10.1. The number of aryl methyl sites for hydroxylation is 2. The maximum absolute atomic E-state index is 12.4. The fourth-order valence-electron chi connectivity index (χ4n) is 3.07. The van der Waals surface area contributed by atoms with Gasteiger partial charge in [-0.1, -0.05) is 18.2 Å². The molecule has 1 aromatic rings. The summed E-state index contributed by atoms with van der Waals surface area (Å²) < 4.78 is 0. The van der Waals surface area contributed by atoms with Crippen LogP contribution in [0.4, 0.5) is 0 Å². The number of carbonyl (C=O) groups is 1. The molecule has 2 fully saturated rings. The third-order valence-corrected chi connectivity index (χ3v) is 4.87. The largest absolute Gasteiger partial charge is 0.340 e. The van der Waals surface area contributed by atoms with Crippen molar-refractivity contribution in [3.63, 3.8) is 0 Å². The molecular weight excluding hydrogens is 262 g/mol. The van der Waals surface area contributed by atoms with E-state index in [1.54, 1.807) is 0 Å². The fourth-order valence-corrected chi connectivity index (χ4v) is 3.07. The molecule has 0 aromatic heterocycles.